The van der Waals surface area contributed by atoms with Gasteiger partial charge in [-0.3, -0.25) is 9.97 Å². The molecule has 13 rings (SSSR count). The Balaban J connectivity index is 0.000000169. The third-order valence-corrected chi connectivity index (χ3v) is 17.5. The van der Waals surface area contributed by atoms with Gasteiger partial charge in [-0.1, -0.05) is 270 Å². The Morgan fingerprint density at radius 3 is 1.12 bits per heavy atom. The summed E-state index contributed by atoms with van der Waals surface area (Å²) in [5.74, 6) is 5.19. The van der Waals surface area contributed by atoms with E-state index >= 15 is 0 Å². The minimum absolute atomic E-state index is 0.00226. The first-order chi connectivity index (χ1) is 48.2. The maximum Gasteiger partial charge on any atom is 0.0995 e. The number of aromatic nitrogens is 4. The summed E-state index contributed by atoms with van der Waals surface area (Å²) >= 11 is 0. The zero-order chi connectivity index (χ0) is 74.4. The predicted molar refractivity (Wildman–Crippen MR) is 431 cm³/mol. The van der Waals surface area contributed by atoms with Crippen LogP contribution in [0.5, 0.6) is 0 Å². The molecule has 7 heteroatoms. The predicted octanol–water partition coefficient (Wildman–Crippen LogP) is 24.1. The van der Waals surface area contributed by atoms with E-state index in [9.17, 15) is 0 Å². The summed E-state index contributed by atoms with van der Waals surface area (Å²) in [7, 11) is 0. The van der Waals surface area contributed by atoms with E-state index in [4.69, 9.17) is 33.6 Å². The molecule has 7 nitrogen and oxygen atoms in total. The zero-order valence-corrected chi connectivity index (χ0v) is 63.0. The quantitative estimate of drug-likeness (QED) is 0.164. The van der Waals surface area contributed by atoms with Crippen molar-refractivity contribution in [3.05, 3.63) is 310 Å². The van der Waals surface area contributed by atoms with Gasteiger partial charge < -0.3 is 9.13 Å². The fourth-order valence-electron chi connectivity index (χ4n) is 11.9. The molecule has 0 unspecified atom stereocenters. The molecule has 0 spiro atoms. The molecular weight excluding hydrogens is 1240 g/mol. The monoisotopic (exact) mass is 1340 g/mol. The van der Waals surface area contributed by atoms with Gasteiger partial charge in [0.1, 0.15) is 0 Å². The van der Waals surface area contributed by atoms with Gasteiger partial charge in [0.2, 0.25) is 0 Å². The summed E-state index contributed by atoms with van der Waals surface area (Å²) in [5.41, 5.74) is 20.5. The summed E-state index contributed by atoms with van der Waals surface area (Å²) in [5, 5.41) is 31.5. The van der Waals surface area contributed by atoms with Gasteiger partial charge in [-0.05, 0) is 153 Å². The summed E-state index contributed by atoms with van der Waals surface area (Å²) in [6.07, 6.45) is 12.6. The molecule has 0 atom stereocenters. The number of rotatable bonds is 3. The van der Waals surface area contributed by atoms with Crippen LogP contribution in [0.2, 0.25) is 0 Å². The Kier molecular flexibility index (Phi) is 24.1. The maximum atomic E-state index is 8.98. The topological polar surface area (TPSA) is 107 Å². The summed E-state index contributed by atoms with van der Waals surface area (Å²) < 4.78 is 4.86. The molecule has 0 aliphatic heterocycles. The molecule has 0 saturated heterocycles. The molecule has 0 radical (unpaired) electrons. The van der Waals surface area contributed by atoms with E-state index in [2.05, 4.69) is 320 Å². The van der Waals surface area contributed by atoms with Gasteiger partial charge in [0.15, 0.2) is 0 Å². The van der Waals surface area contributed by atoms with Crippen LogP contribution in [0, 0.1) is 58.7 Å². The van der Waals surface area contributed by atoms with E-state index in [1.165, 1.54) is 71.7 Å². The molecule has 0 bridgehead atoms. The van der Waals surface area contributed by atoms with Crippen LogP contribution in [0.25, 0.3) is 66.2 Å². The second-order valence-corrected chi connectivity index (χ2v) is 31.7. The highest BCUT2D eigenvalue weighted by Gasteiger charge is 2.24. The van der Waals surface area contributed by atoms with Crippen molar-refractivity contribution in [3.8, 4) is 65.5 Å². The molecule has 512 valence electrons. The van der Waals surface area contributed by atoms with Crippen LogP contribution in [-0.2, 0) is 32.5 Å². The molecule has 0 aliphatic carbocycles. The lowest BCUT2D eigenvalue weighted by Crippen LogP contribution is -2.15. The number of terminal acetylenes is 2. The molecular formula is C95H97N7. The van der Waals surface area contributed by atoms with Crippen molar-refractivity contribution in [2.45, 2.75) is 157 Å². The highest BCUT2D eigenvalue weighted by molar-refractivity contribution is 6.10. The van der Waals surface area contributed by atoms with E-state index in [1.54, 1.807) is 12.1 Å². The fraction of sp³-hybridized carbons (Fsp3) is 0.253. The number of fused-ring (bicyclic) bond motifs is 6. The van der Waals surface area contributed by atoms with Crippen molar-refractivity contribution >= 4 is 43.6 Å². The number of nitriles is 3. The number of pyridine rings is 2. The minimum Gasteiger partial charge on any atom is -0.309 e. The maximum absolute atomic E-state index is 8.98. The molecule has 4 aromatic heterocycles. The Morgan fingerprint density at radius 2 is 0.725 bits per heavy atom. The van der Waals surface area contributed by atoms with Gasteiger partial charge in [0.05, 0.1) is 62.7 Å². The second kappa shape index (κ2) is 32.2. The minimum atomic E-state index is -0.0893. The van der Waals surface area contributed by atoms with Crippen LogP contribution in [0.3, 0.4) is 0 Å². The highest BCUT2D eigenvalue weighted by atomic mass is 15.0. The van der Waals surface area contributed by atoms with Crippen molar-refractivity contribution in [2.24, 2.45) is 0 Å². The lowest BCUT2D eigenvalue weighted by atomic mass is 9.81. The standard InChI is InChI=1S/C34H28N2.C15H17N.2C13H13N.C11H13N.C9H13N/c1-34(2,3)23-20-24(35-30-16-8-4-12-26(30)27-13-5-9-17-31(27)35)22-25(21-23)36-32-18-10-6-14-28(32)29-15-7-11-19-33(29)36;1-15(2,3)14-11-7-10-13(16-14)12-8-5-4-6-9-12;1-5-10-6-11(9-14)8-12(7-10)13(2,3)4;1-5-10-7-6-8-11(9-14)12(10)13(2,3)4;1-11(2,3)10-6-4-9(8-12)5-7-10;1-9(2,3)8-6-4-5-7-10-8/h4-22H,1-3H3;4-11H,1-3H3;2*1,6-8H,2-4H3;4-7H,1-3H3;4-7H,1-3H3. The van der Waals surface area contributed by atoms with Crippen molar-refractivity contribution < 1.29 is 0 Å². The van der Waals surface area contributed by atoms with Crippen molar-refractivity contribution in [2.75, 3.05) is 0 Å². The summed E-state index contributed by atoms with van der Waals surface area (Å²) in [6, 6.07) is 89.8. The number of nitrogens with zero attached hydrogens (tertiary/aromatic N) is 7. The van der Waals surface area contributed by atoms with E-state index in [0.717, 1.165) is 44.9 Å². The van der Waals surface area contributed by atoms with Gasteiger partial charge >= 0.3 is 0 Å². The van der Waals surface area contributed by atoms with Crippen LogP contribution in [-0.4, -0.2) is 19.1 Å². The SMILES string of the molecule is C#Cc1cc(C#N)cc(C(C)(C)C)c1.C#Cc1cccc(C#N)c1C(C)(C)C.CC(C)(C)c1cc(-n2c3ccccc3c3ccccc32)cc(-n2c3ccccc3c3ccccc32)c1.CC(C)(C)c1ccc(C#N)cc1.CC(C)(C)c1cccc(-c2ccccc2)n1.CC(C)(C)c1ccccn1. The molecule has 0 N–H and O–H groups in total. The van der Waals surface area contributed by atoms with Gasteiger partial charge in [0.25, 0.3) is 0 Å². The summed E-state index contributed by atoms with van der Waals surface area (Å²) in [4.78, 5) is 8.96. The molecule has 0 aliphatic rings. The third kappa shape index (κ3) is 19.1. The Labute approximate surface area is 607 Å². The zero-order valence-electron chi connectivity index (χ0n) is 63.0. The summed E-state index contributed by atoms with van der Waals surface area (Å²) in [6.45, 7) is 38.9. The van der Waals surface area contributed by atoms with E-state index in [0.29, 0.717) is 11.1 Å². The first-order valence-electron chi connectivity index (χ1n) is 34.8. The first-order valence-corrected chi connectivity index (χ1v) is 34.8. The first kappa shape index (κ1) is 76.2. The van der Waals surface area contributed by atoms with Gasteiger partial charge in [0, 0.05) is 78.0 Å². The van der Waals surface area contributed by atoms with Crippen LogP contribution in [0.1, 0.15) is 186 Å². The number of hydrogen-bond acceptors (Lipinski definition) is 5. The van der Waals surface area contributed by atoms with Gasteiger partial charge in [-0.15, -0.1) is 12.8 Å². The molecule has 102 heavy (non-hydrogen) atoms. The van der Waals surface area contributed by atoms with Crippen LogP contribution in [0.4, 0.5) is 0 Å². The third-order valence-electron chi connectivity index (χ3n) is 17.5. The van der Waals surface area contributed by atoms with E-state index in [-0.39, 0.29) is 32.5 Å². The van der Waals surface area contributed by atoms with Gasteiger partial charge in [-0.25, -0.2) is 0 Å². The average Bonchev–Trinajstić information content (AvgIpc) is 1.58. The normalized spacial score (nSPS) is 11.4. The largest absolute Gasteiger partial charge is 0.309 e. The molecule has 0 fully saturated rings. The number of para-hydroxylation sites is 4. The van der Waals surface area contributed by atoms with Gasteiger partial charge in [-0.2, -0.15) is 15.8 Å². The second-order valence-electron chi connectivity index (χ2n) is 31.7. The fourth-order valence-corrected chi connectivity index (χ4v) is 11.9. The van der Waals surface area contributed by atoms with Crippen molar-refractivity contribution in [1.82, 2.24) is 19.1 Å². The number of hydrogen-bond donors (Lipinski definition) is 0. The number of benzene rings is 9. The van der Waals surface area contributed by atoms with E-state index < -0.39 is 0 Å². The Hall–Kier alpha value is -11.5. The van der Waals surface area contributed by atoms with Crippen LogP contribution < -0.4 is 0 Å². The van der Waals surface area contributed by atoms with Crippen LogP contribution in [0.15, 0.2) is 249 Å². The smallest absolute Gasteiger partial charge is 0.0995 e. The molecule has 0 saturated carbocycles. The molecule has 9 aromatic carbocycles. The Bertz CT molecular complexity index is 4950. The lowest BCUT2D eigenvalue weighted by molar-refractivity contribution is 0.569. The Morgan fingerprint density at radius 1 is 0.314 bits per heavy atom. The van der Waals surface area contributed by atoms with Crippen LogP contribution >= 0.6 is 0 Å². The molecule has 13 aromatic rings. The highest BCUT2D eigenvalue weighted by Crippen LogP contribution is 2.39. The van der Waals surface area contributed by atoms with Crippen molar-refractivity contribution in [3.63, 3.8) is 0 Å². The average molecular weight is 1340 g/mol. The van der Waals surface area contributed by atoms with E-state index in [1.807, 2.05) is 85.1 Å². The van der Waals surface area contributed by atoms with Crippen molar-refractivity contribution in [1.29, 1.82) is 15.8 Å². The molecule has 4 heterocycles. The lowest BCUT2D eigenvalue weighted by Gasteiger charge is -2.23. The molecule has 0 amide bonds.